The highest BCUT2D eigenvalue weighted by molar-refractivity contribution is 9.10. The van der Waals surface area contributed by atoms with Crippen molar-refractivity contribution in [1.82, 2.24) is 4.90 Å². The molecular formula is C21H20BrNO5. The van der Waals surface area contributed by atoms with Crippen LogP contribution in [0.2, 0.25) is 0 Å². The highest BCUT2D eigenvalue weighted by atomic mass is 79.9. The first-order valence-corrected chi connectivity index (χ1v) is 9.70. The van der Waals surface area contributed by atoms with E-state index in [2.05, 4.69) is 15.9 Å². The monoisotopic (exact) mass is 445 g/mol. The second-order valence-electron chi connectivity index (χ2n) is 6.05. The number of hydrogen-bond acceptors (Lipinski definition) is 5. The Labute approximate surface area is 170 Å². The summed E-state index contributed by atoms with van der Waals surface area (Å²) >= 11 is 3.40. The molecule has 6 nitrogen and oxygen atoms in total. The number of amides is 1. The van der Waals surface area contributed by atoms with Gasteiger partial charge < -0.3 is 18.8 Å². The van der Waals surface area contributed by atoms with Crippen molar-refractivity contribution in [3.63, 3.8) is 0 Å². The minimum absolute atomic E-state index is 0.118. The molecule has 0 spiro atoms. The molecule has 7 heteroatoms. The van der Waals surface area contributed by atoms with Crippen LogP contribution >= 0.6 is 15.9 Å². The fraction of sp³-hybridized carbons (Fsp3) is 0.238. The number of ether oxygens (including phenoxy) is 2. The zero-order chi connectivity index (χ0) is 20.3. The molecular weight excluding hydrogens is 426 g/mol. The Bertz CT molecular complexity index is 1070. The number of hydrogen-bond donors (Lipinski definition) is 0. The van der Waals surface area contributed by atoms with Crippen LogP contribution in [-0.2, 0) is 0 Å². The maximum atomic E-state index is 12.9. The van der Waals surface area contributed by atoms with E-state index < -0.39 is 6.09 Å². The van der Waals surface area contributed by atoms with E-state index in [-0.39, 0.29) is 11.2 Å². The number of para-hydroxylation sites is 1. The van der Waals surface area contributed by atoms with Gasteiger partial charge in [-0.05, 0) is 61.0 Å². The van der Waals surface area contributed by atoms with Gasteiger partial charge in [-0.3, -0.25) is 4.79 Å². The lowest BCUT2D eigenvalue weighted by Crippen LogP contribution is -2.33. The molecule has 1 aromatic heterocycles. The number of nitrogens with zero attached hydrogens (tertiary/aromatic N) is 1. The first-order chi connectivity index (χ1) is 13.4. The van der Waals surface area contributed by atoms with Crippen LogP contribution in [0.15, 0.2) is 56.1 Å². The summed E-state index contributed by atoms with van der Waals surface area (Å²) in [5, 5.41) is 0.343. The number of rotatable bonds is 5. The molecule has 0 radical (unpaired) electrons. The highest BCUT2D eigenvalue weighted by Gasteiger charge is 2.17. The molecule has 2 aromatic carbocycles. The molecule has 0 saturated heterocycles. The van der Waals surface area contributed by atoms with Crippen molar-refractivity contribution in [2.75, 3.05) is 13.1 Å². The molecule has 0 atom stereocenters. The Hall–Kier alpha value is -2.80. The molecule has 28 heavy (non-hydrogen) atoms. The van der Waals surface area contributed by atoms with E-state index in [0.717, 1.165) is 4.47 Å². The molecule has 0 aliphatic carbocycles. The van der Waals surface area contributed by atoms with E-state index in [4.69, 9.17) is 13.9 Å². The average Bonchev–Trinajstić information content (AvgIpc) is 2.67. The lowest BCUT2D eigenvalue weighted by molar-refractivity contribution is 0.157. The van der Waals surface area contributed by atoms with Crippen molar-refractivity contribution in [3.8, 4) is 17.2 Å². The third kappa shape index (κ3) is 4.04. The van der Waals surface area contributed by atoms with Gasteiger partial charge in [-0.25, -0.2) is 4.79 Å². The van der Waals surface area contributed by atoms with E-state index in [1.54, 1.807) is 30.0 Å². The van der Waals surface area contributed by atoms with Crippen LogP contribution in [0.25, 0.3) is 11.0 Å². The van der Waals surface area contributed by atoms with E-state index in [1.807, 2.05) is 32.0 Å². The van der Waals surface area contributed by atoms with Gasteiger partial charge in [-0.1, -0.05) is 12.1 Å². The molecule has 0 saturated carbocycles. The Morgan fingerprint density at radius 1 is 1.14 bits per heavy atom. The maximum absolute atomic E-state index is 12.9. The Morgan fingerprint density at radius 2 is 1.86 bits per heavy atom. The number of aryl methyl sites for hydroxylation is 1. The fourth-order valence-corrected chi connectivity index (χ4v) is 3.10. The maximum Gasteiger partial charge on any atom is 0.415 e. The quantitative estimate of drug-likeness (QED) is 0.518. The van der Waals surface area contributed by atoms with Gasteiger partial charge in [0.25, 0.3) is 0 Å². The van der Waals surface area contributed by atoms with Crippen molar-refractivity contribution in [1.29, 1.82) is 0 Å². The van der Waals surface area contributed by atoms with Crippen LogP contribution in [0.3, 0.4) is 0 Å². The molecule has 0 fully saturated rings. The summed E-state index contributed by atoms with van der Waals surface area (Å²) < 4.78 is 17.7. The van der Waals surface area contributed by atoms with Crippen LogP contribution in [0.5, 0.6) is 17.2 Å². The zero-order valence-corrected chi connectivity index (χ0v) is 17.4. The SMILES string of the molecule is CCN(CC)C(=O)Oc1ccc2c(=O)c(Oc3ccccc3Br)c(C)oc2c1. The topological polar surface area (TPSA) is 69.0 Å². The summed E-state index contributed by atoms with van der Waals surface area (Å²) in [7, 11) is 0. The van der Waals surface area contributed by atoms with Gasteiger partial charge in [0.2, 0.25) is 11.2 Å². The molecule has 3 rings (SSSR count). The second kappa shape index (κ2) is 8.48. The average molecular weight is 446 g/mol. The van der Waals surface area contributed by atoms with Gasteiger partial charge >= 0.3 is 6.09 Å². The second-order valence-corrected chi connectivity index (χ2v) is 6.90. The Morgan fingerprint density at radius 3 is 2.54 bits per heavy atom. The minimum Gasteiger partial charge on any atom is -0.457 e. The third-order valence-corrected chi connectivity index (χ3v) is 4.92. The van der Waals surface area contributed by atoms with Gasteiger partial charge in [0.05, 0.1) is 9.86 Å². The molecule has 0 bridgehead atoms. The van der Waals surface area contributed by atoms with Crippen molar-refractivity contribution in [2.24, 2.45) is 0 Å². The fourth-order valence-electron chi connectivity index (χ4n) is 2.73. The largest absolute Gasteiger partial charge is 0.457 e. The summed E-state index contributed by atoms with van der Waals surface area (Å²) in [6.07, 6.45) is -0.447. The Kier molecular flexibility index (Phi) is 6.04. The summed E-state index contributed by atoms with van der Waals surface area (Å²) in [5.41, 5.74) is 0.0305. The standard InChI is InChI=1S/C21H20BrNO5/c1-4-23(5-2)21(25)27-14-10-11-15-18(12-14)26-13(3)20(19(15)24)28-17-9-7-6-8-16(17)22/h6-12H,4-5H2,1-3H3. The first kappa shape index (κ1) is 19.9. The normalized spacial score (nSPS) is 10.7. The number of halogens is 1. The van der Waals surface area contributed by atoms with Crippen LogP contribution in [0, 0.1) is 6.92 Å². The summed E-state index contributed by atoms with van der Waals surface area (Å²) in [6, 6.07) is 11.9. The summed E-state index contributed by atoms with van der Waals surface area (Å²) in [5.74, 6) is 1.28. The molecule has 3 aromatic rings. The summed E-state index contributed by atoms with van der Waals surface area (Å²) in [6.45, 7) is 6.50. The number of carbonyl (C=O) groups excluding carboxylic acids is 1. The van der Waals surface area contributed by atoms with Crippen LogP contribution < -0.4 is 14.9 Å². The van der Waals surface area contributed by atoms with Crippen molar-refractivity contribution in [2.45, 2.75) is 20.8 Å². The molecule has 0 unspecified atom stereocenters. The molecule has 1 heterocycles. The lowest BCUT2D eigenvalue weighted by Gasteiger charge is -2.17. The number of benzene rings is 2. The van der Waals surface area contributed by atoms with Gasteiger partial charge in [0.1, 0.15) is 22.8 Å². The predicted molar refractivity (Wildman–Crippen MR) is 110 cm³/mol. The van der Waals surface area contributed by atoms with E-state index in [9.17, 15) is 9.59 Å². The lowest BCUT2D eigenvalue weighted by atomic mass is 10.2. The molecule has 146 valence electrons. The third-order valence-electron chi connectivity index (χ3n) is 4.26. The molecule has 0 aliphatic heterocycles. The highest BCUT2D eigenvalue weighted by Crippen LogP contribution is 2.31. The van der Waals surface area contributed by atoms with Gasteiger partial charge in [-0.15, -0.1) is 0 Å². The van der Waals surface area contributed by atoms with Crippen molar-refractivity contribution < 1.29 is 18.7 Å². The van der Waals surface area contributed by atoms with Gasteiger partial charge in [-0.2, -0.15) is 0 Å². The minimum atomic E-state index is -0.447. The van der Waals surface area contributed by atoms with E-state index in [1.165, 1.54) is 6.07 Å². The molecule has 0 N–H and O–H groups in total. The van der Waals surface area contributed by atoms with Crippen molar-refractivity contribution in [3.05, 3.63) is 62.9 Å². The number of carbonyl (C=O) groups is 1. The van der Waals surface area contributed by atoms with Crippen LogP contribution in [0.4, 0.5) is 4.79 Å². The number of fused-ring (bicyclic) bond motifs is 1. The van der Waals surface area contributed by atoms with E-state index >= 15 is 0 Å². The predicted octanol–water partition coefficient (Wildman–Crippen LogP) is 5.50. The summed E-state index contributed by atoms with van der Waals surface area (Å²) in [4.78, 5) is 26.6. The van der Waals surface area contributed by atoms with Gasteiger partial charge in [0, 0.05) is 19.2 Å². The first-order valence-electron chi connectivity index (χ1n) is 8.91. The van der Waals surface area contributed by atoms with Crippen molar-refractivity contribution >= 4 is 33.0 Å². The smallest absolute Gasteiger partial charge is 0.415 e. The van der Waals surface area contributed by atoms with Gasteiger partial charge in [0.15, 0.2) is 0 Å². The molecule has 0 aliphatic rings. The Balaban J connectivity index is 1.96. The van der Waals surface area contributed by atoms with E-state index in [0.29, 0.717) is 41.3 Å². The van der Waals surface area contributed by atoms with Crippen LogP contribution in [0.1, 0.15) is 19.6 Å². The zero-order valence-electron chi connectivity index (χ0n) is 15.8. The van der Waals surface area contributed by atoms with Crippen LogP contribution in [-0.4, -0.2) is 24.1 Å². The molecule has 1 amide bonds.